The number of nitrogens with one attached hydrogen (secondary N) is 1. The zero-order chi connectivity index (χ0) is 7.84. The molecule has 0 unspecified atom stereocenters. The molecule has 0 aliphatic carbocycles. The van der Waals surface area contributed by atoms with E-state index in [1.807, 2.05) is 6.07 Å². The van der Waals surface area contributed by atoms with E-state index >= 15 is 0 Å². The maximum absolute atomic E-state index is 5.87. The quantitative estimate of drug-likeness (QED) is 0.738. The molecule has 0 atom stereocenters. The molecule has 0 aliphatic heterocycles. The van der Waals surface area contributed by atoms with Gasteiger partial charge in [-0.15, -0.1) is 0 Å². The second kappa shape index (κ2) is 2.64. The molecule has 0 aliphatic rings. The number of hydrogen-bond donors (Lipinski definition) is 1. The van der Waals surface area contributed by atoms with Gasteiger partial charge in [-0.25, -0.2) is 4.98 Å². The number of aromatic nitrogens is 2. The summed E-state index contributed by atoms with van der Waals surface area (Å²) in [5.41, 5.74) is 0.843. The summed E-state index contributed by atoms with van der Waals surface area (Å²) in [6, 6.07) is 2.00. The molecule has 2 aromatic rings. The molecule has 0 radical (unpaired) electrons. The summed E-state index contributed by atoms with van der Waals surface area (Å²) in [6.45, 7) is 0. The zero-order valence-electron chi connectivity index (χ0n) is 5.44. The van der Waals surface area contributed by atoms with Gasteiger partial charge >= 0.3 is 0 Å². The lowest BCUT2D eigenvalue weighted by molar-refractivity contribution is 1.31. The average molecular weight is 278 g/mol. The highest BCUT2D eigenvalue weighted by Crippen LogP contribution is 2.22. The molecule has 4 heteroatoms. The second-order valence-corrected chi connectivity index (χ2v) is 3.84. The Morgan fingerprint density at radius 3 is 3.18 bits per heavy atom. The predicted molar refractivity (Wildman–Crippen MR) is 53.8 cm³/mol. The molecule has 0 aromatic carbocycles. The summed E-state index contributed by atoms with van der Waals surface area (Å²) < 4.78 is 1.09. The summed E-state index contributed by atoms with van der Waals surface area (Å²) in [6.07, 6.45) is 3.55. The van der Waals surface area contributed by atoms with E-state index in [0.717, 1.165) is 19.6 Å². The van der Waals surface area contributed by atoms with Crippen LogP contribution >= 0.6 is 34.2 Å². The van der Waals surface area contributed by atoms with E-state index in [1.54, 1.807) is 12.4 Å². The van der Waals surface area contributed by atoms with Gasteiger partial charge in [-0.3, -0.25) is 0 Å². The van der Waals surface area contributed by atoms with E-state index in [0.29, 0.717) is 0 Å². The lowest BCUT2D eigenvalue weighted by atomic mass is 10.3. The minimum Gasteiger partial charge on any atom is -0.345 e. The molecule has 56 valence electrons. The molecule has 0 saturated heterocycles. The first-order valence-corrected chi connectivity index (χ1v) is 4.51. The minimum atomic E-state index is 0.728. The first-order valence-electron chi connectivity index (χ1n) is 3.05. The van der Waals surface area contributed by atoms with Crippen molar-refractivity contribution in [3.8, 4) is 0 Å². The fourth-order valence-electron chi connectivity index (χ4n) is 0.946. The van der Waals surface area contributed by atoms with Gasteiger partial charge in [0.05, 0.1) is 5.02 Å². The summed E-state index contributed by atoms with van der Waals surface area (Å²) in [7, 11) is 0. The Hall–Kier alpha value is -0.290. The number of nitrogens with zero attached hydrogens (tertiary/aromatic N) is 1. The lowest BCUT2D eigenvalue weighted by Gasteiger charge is -1.89. The van der Waals surface area contributed by atoms with Crippen molar-refractivity contribution in [3.05, 3.63) is 27.1 Å². The number of pyridine rings is 1. The van der Waals surface area contributed by atoms with E-state index in [-0.39, 0.29) is 0 Å². The average Bonchev–Trinajstić information content (AvgIpc) is 2.33. The smallest absolute Gasteiger partial charge is 0.138 e. The number of H-pyrrole nitrogens is 1. The van der Waals surface area contributed by atoms with Crippen molar-refractivity contribution < 1.29 is 0 Å². The van der Waals surface area contributed by atoms with Gasteiger partial charge in [0.15, 0.2) is 0 Å². The lowest BCUT2D eigenvalue weighted by Crippen LogP contribution is -1.76. The topological polar surface area (TPSA) is 28.7 Å². The number of hydrogen-bond acceptors (Lipinski definition) is 1. The largest absolute Gasteiger partial charge is 0.345 e. The minimum absolute atomic E-state index is 0.728. The first kappa shape index (κ1) is 7.36. The highest BCUT2D eigenvalue weighted by molar-refractivity contribution is 14.1. The summed E-state index contributed by atoms with van der Waals surface area (Å²) in [5, 5.41) is 1.71. The van der Waals surface area contributed by atoms with Gasteiger partial charge in [-0.2, -0.15) is 0 Å². The van der Waals surface area contributed by atoms with E-state index in [2.05, 4.69) is 32.6 Å². The Bertz CT molecular complexity index is 396. The van der Waals surface area contributed by atoms with Crippen LogP contribution in [0.25, 0.3) is 11.0 Å². The third kappa shape index (κ3) is 1.22. The summed E-state index contributed by atoms with van der Waals surface area (Å²) in [5.74, 6) is 0. The third-order valence-corrected chi connectivity index (χ3v) is 2.35. The van der Waals surface area contributed by atoms with Gasteiger partial charge < -0.3 is 4.98 Å². The molecule has 2 nitrogen and oxygen atoms in total. The molecule has 11 heavy (non-hydrogen) atoms. The van der Waals surface area contributed by atoms with Crippen LogP contribution in [0.15, 0.2) is 18.5 Å². The molecule has 0 amide bonds. The van der Waals surface area contributed by atoms with Crippen molar-refractivity contribution in [2.24, 2.45) is 0 Å². The Balaban J connectivity index is 2.87. The number of fused-ring (bicyclic) bond motifs is 1. The van der Waals surface area contributed by atoms with Crippen LogP contribution in [0.5, 0.6) is 0 Å². The highest BCUT2D eigenvalue weighted by Gasteiger charge is 2.01. The third-order valence-electron chi connectivity index (χ3n) is 1.45. The Labute approximate surface area is 82.1 Å². The van der Waals surface area contributed by atoms with Gasteiger partial charge in [0.1, 0.15) is 5.65 Å². The fraction of sp³-hybridized carbons (Fsp3) is 0. The monoisotopic (exact) mass is 278 g/mol. The van der Waals surface area contributed by atoms with Crippen molar-refractivity contribution in [1.82, 2.24) is 9.97 Å². The molecule has 2 heterocycles. The van der Waals surface area contributed by atoms with E-state index < -0.39 is 0 Å². The number of rotatable bonds is 0. The predicted octanol–water partition coefficient (Wildman–Crippen LogP) is 2.82. The van der Waals surface area contributed by atoms with Gasteiger partial charge in [0, 0.05) is 21.4 Å². The van der Waals surface area contributed by atoms with Gasteiger partial charge in [0.2, 0.25) is 0 Å². The van der Waals surface area contributed by atoms with Crippen molar-refractivity contribution in [1.29, 1.82) is 0 Å². The summed E-state index contributed by atoms with van der Waals surface area (Å²) in [4.78, 5) is 7.12. The fourth-order valence-corrected chi connectivity index (χ4v) is 1.60. The Kier molecular flexibility index (Phi) is 1.77. The molecule has 2 aromatic heterocycles. The van der Waals surface area contributed by atoms with Crippen LogP contribution in [0.4, 0.5) is 0 Å². The Morgan fingerprint density at radius 1 is 1.55 bits per heavy atom. The van der Waals surface area contributed by atoms with Crippen molar-refractivity contribution in [2.75, 3.05) is 0 Å². The maximum atomic E-state index is 5.87. The van der Waals surface area contributed by atoms with Crippen LogP contribution in [0.2, 0.25) is 5.02 Å². The van der Waals surface area contributed by atoms with E-state index in [1.165, 1.54) is 0 Å². The highest BCUT2D eigenvalue weighted by atomic mass is 127. The van der Waals surface area contributed by atoms with Crippen LogP contribution in [-0.4, -0.2) is 9.97 Å². The van der Waals surface area contributed by atoms with Crippen LogP contribution in [0.1, 0.15) is 0 Å². The van der Waals surface area contributed by atoms with Crippen LogP contribution < -0.4 is 0 Å². The molecular formula is C7H4ClIN2. The molecule has 1 N–H and O–H groups in total. The molecule has 0 spiro atoms. The molecule has 2 rings (SSSR count). The van der Waals surface area contributed by atoms with Crippen molar-refractivity contribution >= 4 is 45.2 Å². The van der Waals surface area contributed by atoms with Crippen molar-refractivity contribution in [2.45, 2.75) is 0 Å². The summed E-state index contributed by atoms with van der Waals surface area (Å²) >= 11 is 8.08. The SMILES string of the molecule is Clc1c[nH]c2ncc(I)cc12. The molecule has 0 bridgehead atoms. The van der Waals surface area contributed by atoms with E-state index in [9.17, 15) is 0 Å². The van der Waals surface area contributed by atoms with Gasteiger partial charge in [-0.05, 0) is 28.7 Å². The van der Waals surface area contributed by atoms with Gasteiger partial charge in [0.25, 0.3) is 0 Å². The standard InChI is InChI=1S/C7H4ClIN2/c8-6-3-11-7-5(6)1-4(9)2-10-7/h1-3H,(H,10,11). The Morgan fingerprint density at radius 2 is 2.36 bits per heavy atom. The van der Waals surface area contributed by atoms with Crippen LogP contribution in [0, 0.1) is 3.57 Å². The maximum Gasteiger partial charge on any atom is 0.138 e. The van der Waals surface area contributed by atoms with Crippen molar-refractivity contribution in [3.63, 3.8) is 0 Å². The molecular weight excluding hydrogens is 274 g/mol. The van der Waals surface area contributed by atoms with Crippen LogP contribution in [-0.2, 0) is 0 Å². The molecule has 0 saturated carbocycles. The first-order chi connectivity index (χ1) is 5.27. The normalized spacial score (nSPS) is 10.7. The van der Waals surface area contributed by atoms with E-state index in [4.69, 9.17) is 11.6 Å². The van der Waals surface area contributed by atoms with Gasteiger partial charge in [-0.1, -0.05) is 11.6 Å². The number of halogens is 2. The van der Waals surface area contributed by atoms with Crippen LogP contribution in [0.3, 0.4) is 0 Å². The molecule has 0 fully saturated rings. The number of aromatic amines is 1. The second-order valence-electron chi connectivity index (χ2n) is 2.19. The zero-order valence-corrected chi connectivity index (χ0v) is 8.35.